The molecule has 1 N–H and O–H groups in total. The molecule has 0 bridgehead atoms. The maximum atomic E-state index is 12.1. The van der Waals surface area contributed by atoms with Crippen molar-refractivity contribution in [2.45, 2.75) is 0 Å². The molecule has 1 aromatic carbocycles. The summed E-state index contributed by atoms with van der Waals surface area (Å²) in [7, 11) is 0. The molecule has 0 radical (unpaired) electrons. The second-order valence-electron chi connectivity index (χ2n) is 4.07. The minimum Gasteiger partial charge on any atom is -0.322 e. The van der Waals surface area contributed by atoms with Crippen LogP contribution in [0.15, 0.2) is 59.5 Å². The van der Waals surface area contributed by atoms with Crippen molar-refractivity contribution >= 4 is 33.2 Å². The van der Waals surface area contributed by atoms with E-state index in [1.165, 1.54) is 0 Å². The van der Waals surface area contributed by atoms with E-state index in [0.717, 1.165) is 15.8 Å². The van der Waals surface area contributed by atoms with E-state index in [4.69, 9.17) is 0 Å². The molecule has 0 aliphatic rings. The Bertz CT molecular complexity index is 751. The summed E-state index contributed by atoms with van der Waals surface area (Å²) in [6.45, 7) is 0. The molecule has 1 amide bonds. The number of fused-ring (bicyclic) bond motifs is 1. The second-order valence-corrected chi connectivity index (χ2v) is 4.99. The number of hydrogen-bond acceptors (Lipinski definition) is 2. The third kappa shape index (κ3) is 2.51. The SMILES string of the molecule is O=C(Nc1cccc(Br)c1)c1ccc2nccn2c1. The van der Waals surface area contributed by atoms with Crippen LogP contribution in [-0.4, -0.2) is 15.3 Å². The molecule has 19 heavy (non-hydrogen) atoms. The maximum Gasteiger partial charge on any atom is 0.257 e. The Labute approximate surface area is 118 Å². The van der Waals surface area contributed by atoms with Crippen molar-refractivity contribution in [3.8, 4) is 0 Å². The molecule has 94 valence electrons. The van der Waals surface area contributed by atoms with Gasteiger partial charge in [-0.05, 0) is 30.3 Å². The standard InChI is InChI=1S/C14H10BrN3O/c15-11-2-1-3-12(8-11)17-14(19)10-4-5-13-16-6-7-18(13)9-10/h1-9H,(H,17,19). The number of carbonyl (C=O) groups excluding carboxylic acids is 1. The van der Waals surface area contributed by atoms with Crippen LogP contribution < -0.4 is 5.32 Å². The zero-order valence-corrected chi connectivity index (χ0v) is 11.5. The van der Waals surface area contributed by atoms with Crippen molar-refractivity contribution in [2.75, 3.05) is 5.32 Å². The summed E-state index contributed by atoms with van der Waals surface area (Å²) in [5.74, 6) is -0.145. The quantitative estimate of drug-likeness (QED) is 0.788. The van der Waals surface area contributed by atoms with Crippen molar-refractivity contribution in [2.24, 2.45) is 0 Å². The van der Waals surface area contributed by atoms with E-state index in [0.29, 0.717) is 5.56 Å². The Morgan fingerprint density at radius 1 is 1.26 bits per heavy atom. The van der Waals surface area contributed by atoms with Crippen LogP contribution in [-0.2, 0) is 0 Å². The molecule has 0 aliphatic carbocycles. The fourth-order valence-corrected chi connectivity index (χ4v) is 2.22. The van der Waals surface area contributed by atoms with Crippen LogP contribution in [0.1, 0.15) is 10.4 Å². The lowest BCUT2D eigenvalue weighted by molar-refractivity contribution is 0.102. The van der Waals surface area contributed by atoms with Gasteiger partial charge in [-0.3, -0.25) is 4.79 Å². The maximum absolute atomic E-state index is 12.1. The number of halogens is 1. The number of benzene rings is 1. The van der Waals surface area contributed by atoms with Gasteiger partial charge in [0.1, 0.15) is 5.65 Å². The van der Waals surface area contributed by atoms with Gasteiger partial charge in [0, 0.05) is 28.8 Å². The Morgan fingerprint density at radius 2 is 2.16 bits per heavy atom. The summed E-state index contributed by atoms with van der Waals surface area (Å²) >= 11 is 3.37. The molecule has 5 heteroatoms. The highest BCUT2D eigenvalue weighted by Crippen LogP contribution is 2.16. The molecular formula is C14H10BrN3O. The highest BCUT2D eigenvalue weighted by molar-refractivity contribution is 9.10. The van der Waals surface area contributed by atoms with Crippen LogP contribution >= 0.6 is 15.9 Å². The number of nitrogens with zero attached hydrogens (tertiary/aromatic N) is 2. The molecule has 0 atom stereocenters. The molecule has 2 aromatic heterocycles. The summed E-state index contributed by atoms with van der Waals surface area (Å²) in [4.78, 5) is 16.3. The molecule has 0 aliphatic heterocycles. The molecule has 3 rings (SSSR count). The molecule has 0 saturated heterocycles. The summed E-state index contributed by atoms with van der Waals surface area (Å²) in [5.41, 5.74) is 2.16. The number of hydrogen-bond donors (Lipinski definition) is 1. The van der Waals surface area contributed by atoms with E-state index in [1.54, 1.807) is 18.5 Å². The van der Waals surface area contributed by atoms with Gasteiger partial charge >= 0.3 is 0 Å². The van der Waals surface area contributed by atoms with Gasteiger partial charge in [0.2, 0.25) is 0 Å². The number of pyridine rings is 1. The highest BCUT2D eigenvalue weighted by atomic mass is 79.9. The number of carbonyl (C=O) groups is 1. The Hall–Kier alpha value is -2.14. The van der Waals surface area contributed by atoms with E-state index in [9.17, 15) is 4.79 Å². The molecule has 4 nitrogen and oxygen atoms in total. The largest absolute Gasteiger partial charge is 0.322 e. The predicted octanol–water partition coefficient (Wildman–Crippen LogP) is 3.35. The van der Waals surface area contributed by atoms with Crippen LogP contribution in [0.25, 0.3) is 5.65 Å². The van der Waals surface area contributed by atoms with Crippen LogP contribution in [0.4, 0.5) is 5.69 Å². The van der Waals surface area contributed by atoms with E-state index < -0.39 is 0 Å². The summed E-state index contributed by atoms with van der Waals surface area (Å²) in [6, 6.07) is 11.1. The first-order valence-electron chi connectivity index (χ1n) is 5.72. The molecule has 2 heterocycles. The smallest absolute Gasteiger partial charge is 0.257 e. The van der Waals surface area contributed by atoms with Crippen molar-refractivity contribution in [3.63, 3.8) is 0 Å². The van der Waals surface area contributed by atoms with Gasteiger partial charge in [0.05, 0.1) is 5.56 Å². The van der Waals surface area contributed by atoms with Crippen LogP contribution in [0, 0.1) is 0 Å². The van der Waals surface area contributed by atoms with Crippen molar-refractivity contribution in [1.29, 1.82) is 0 Å². The minimum absolute atomic E-state index is 0.145. The van der Waals surface area contributed by atoms with Crippen LogP contribution in [0.5, 0.6) is 0 Å². The molecule has 3 aromatic rings. The second kappa shape index (κ2) is 4.85. The van der Waals surface area contributed by atoms with Crippen LogP contribution in [0.2, 0.25) is 0 Å². The third-order valence-electron chi connectivity index (χ3n) is 2.73. The third-order valence-corrected chi connectivity index (χ3v) is 3.23. The van der Waals surface area contributed by atoms with Crippen LogP contribution in [0.3, 0.4) is 0 Å². The normalized spacial score (nSPS) is 10.6. The molecule has 0 saturated carbocycles. The molecule has 0 spiro atoms. The van der Waals surface area contributed by atoms with Gasteiger partial charge in [0.25, 0.3) is 5.91 Å². The van der Waals surface area contributed by atoms with Crippen molar-refractivity contribution in [1.82, 2.24) is 9.38 Å². The lowest BCUT2D eigenvalue weighted by Crippen LogP contribution is -2.12. The van der Waals surface area contributed by atoms with E-state index >= 15 is 0 Å². The number of nitrogens with one attached hydrogen (secondary N) is 1. The minimum atomic E-state index is -0.145. The molecule has 0 unspecified atom stereocenters. The average molecular weight is 316 g/mol. The van der Waals surface area contributed by atoms with E-state index in [2.05, 4.69) is 26.2 Å². The predicted molar refractivity (Wildman–Crippen MR) is 77.3 cm³/mol. The van der Waals surface area contributed by atoms with Gasteiger partial charge in [-0.15, -0.1) is 0 Å². The Kier molecular flexibility index (Phi) is 3.05. The monoisotopic (exact) mass is 315 g/mol. The zero-order chi connectivity index (χ0) is 13.2. The molecule has 0 fully saturated rings. The fourth-order valence-electron chi connectivity index (χ4n) is 1.82. The number of anilines is 1. The number of imidazole rings is 1. The van der Waals surface area contributed by atoms with Gasteiger partial charge in [-0.2, -0.15) is 0 Å². The topological polar surface area (TPSA) is 46.4 Å². The number of aromatic nitrogens is 2. The first kappa shape index (κ1) is 11.9. The van der Waals surface area contributed by atoms with Gasteiger partial charge in [0.15, 0.2) is 0 Å². The fraction of sp³-hybridized carbons (Fsp3) is 0. The summed E-state index contributed by atoms with van der Waals surface area (Å²) in [5, 5.41) is 2.85. The lowest BCUT2D eigenvalue weighted by Gasteiger charge is -2.06. The molecular weight excluding hydrogens is 306 g/mol. The van der Waals surface area contributed by atoms with Gasteiger partial charge in [-0.25, -0.2) is 4.98 Å². The van der Waals surface area contributed by atoms with E-state index in [1.807, 2.05) is 40.9 Å². The van der Waals surface area contributed by atoms with Crippen molar-refractivity contribution in [3.05, 3.63) is 65.0 Å². The Balaban J connectivity index is 1.87. The van der Waals surface area contributed by atoms with E-state index in [-0.39, 0.29) is 5.91 Å². The van der Waals surface area contributed by atoms with Gasteiger partial charge < -0.3 is 9.72 Å². The number of rotatable bonds is 2. The lowest BCUT2D eigenvalue weighted by atomic mass is 10.2. The first-order chi connectivity index (χ1) is 9.22. The summed E-state index contributed by atoms with van der Waals surface area (Å²) in [6.07, 6.45) is 5.27. The number of amides is 1. The highest BCUT2D eigenvalue weighted by Gasteiger charge is 2.07. The van der Waals surface area contributed by atoms with Gasteiger partial charge in [-0.1, -0.05) is 22.0 Å². The average Bonchev–Trinajstić information content (AvgIpc) is 2.85. The first-order valence-corrected chi connectivity index (χ1v) is 6.51. The summed E-state index contributed by atoms with van der Waals surface area (Å²) < 4.78 is 2.74. The Morgan fingerprint density at radius 3 is 3.00 bits per heavy atom. The zero-order valence-electron chi connectivity index (χ0n) is 9.88. The van der Waals surface area contributed by atoms with Crippen molar-refractivity contribution < 1.29 is 4.79 Å².